The van der Waals surface area contributed by atoms with E-state index in [-0.39, 0.29) is 16.7 Å². The van der Waals surface area contributed by atoms with Crippen LogP contribution in [0.3, 0.4) is 0 Å². The summed E-state index contributed by atoms with van der Waals surface area (Å²) in [6.07, 6.45) is -5.53. The number of nitrogens with zero attached hydrogens (tertiary/aromatic N) is 3. The number of nitriles is 1. The standard InChI is InChI=1S/C21H14F6N4O3/c1-10-13(7-28)5-12(17(22)23)6-14(10)34-15-16(21(26,27)20(24)25)30-9-31(19(15)33)8-11-3-2-4-29-18(11)32/h2-6,9,17,20H,8H2,1H3,(H,29,32). The van der Waals surface area contributed by atoms with Gasteiger partial charge in [-0.05, 0) is 25.1 Å². The van der Waals surface area contributed by atoms with Crippen LogP contribution in [0.2, 0.25) is 0 Å². The fourth-order valence-corrected chi connectivity index (χ4v) is 2.95. The third-order valence-corrected chi connectivity index (χ3v) is 4.79. The van der Waals surface area contributed by atoms with Crippen molar-refractivity contribution in [2.24, 2.45) is 0 Å². The van der Waals surface area contributed by atoms with Gasteiger partial charge >= 0.3 is 12.3 Å². The van der Waals surface area contributed by atoms with Gasteiger partial charge in [0.25, 0.3) is 17.5 Å². The van der Waals surface area contributed by atoms with Gasteiger partial charge in [0.2, 0.25) is 5.75 Å². The van der Waals surface area contributed by atoms with E-state index in [2.05, 4.69) is 9.97 Å². The molecule has 2 heterocycles. The highest BCUT2D eigenvalue weighted by Gasteiger charge is 2.48. The van der Waals surface area contributed by atoms with Gasteiger partial charge in [-0.1, -0.05) is 6.07 Å². The highest BCUT2D eigenvalue weighted by atomic mass is 19.3. The van der Waals surface area contributed by atoms with Crippen molar-refractivity contribution < 1.29 is 31.1 Å². The molecule has 178 valence electrons. The lowest BCUT2D eigenvalue weighted by molar-refractivity contribution is -0.139. The van der Waals surface area contributed by atoms with Gasteiger partial charge in [0.05, 0.1) is 24.5 Å². The van der Waals surface area contributed by atoms with Crippen LogP contribution in [0.4, 0.5) is 26.3 Å². The maximum absolute atomic E-state index is 14.2. The molecule has 0 aliphatic heterocycles. The zero-order valence-corrected chi connectivity index (χ0v) is 17.2. The topological polar surface area (TPSA) is 101 Å². The Bertz CT molecular complexity index is 1380. The molecule has 0 saturated heterocycles. The number of aromatic nitrogens is 3. The lowest BCUT2D eigenvalue weighted by Crippen LogP contribution is -2.32. The number of H-pyrrole nitrogens is 1. The molecule has 3 aromatic rings. The quantitative estimate of drug-likeness (QED) is 0.506. The monoisotopic (exact) mass is 484 g/mol. The Hall–Kier alpha value is -4.08. The van der Waals surface area contributed by atoms with E-state index in [1.54, 1.807) is 6.07 Å². The number of benzene rings is 1. The third kappa shape index (κ3) is 4.66. The number of rotatable bonds is 7. The van der Waals surface area contributed by atoms with Crippen molar-refractivity contribution in [3.8, 4) is 17.6 Å². The minimum atomic E-state index is -4.94. The van der Waals surface area contributed by atoms with Crippen molar-refractivity contribution in [1.82, 2.24) is 14.5 Å². The summed E-state index contributed by atoms with van der Waals surface area (Å²) in [6, 6.07) is 5.91. The number of ether oxygens (including phenoxy) is 1. The van der Waals surface area contributed by atoms with Crippen LogP contribution in [0.25, 0.3) is 0 Å². The Balaban J connectivity index is 2.23. The van der Waals surface area contributed by atoms with Crippen LogP contribution < -0.4 is 15.9 Å². The van der Waals surface area contributed by atoms with Crippen LogP contribution in [0.5, 0.6) is 11.5 Å². The van der Waals surface area contributed by atoms with E-state index in [9.17, 15) is 41.2 Å². The summed E-state index contributed by atoms with van der Waals surface area (Å²) in [5, 5.41) is 9.18. The van der Waals surface area contributed by atoms with Gasteiger partial charge in [-0.2, -0.15) is 14.0 Å². The summed E-state index contributed by atoms with van der Waals surface area (Å²) in [5.74, 6) is -6.90. The van der Waals surface area contributed by atoms with Crippen LogP contribution in [-0.4, -0.2) is 21.0 Å². The number of nitrogens with one attached hydrogen (secondary N) is 1. The molecular weight excluding hydrogens is 470 g/mol. The van der Waals surface area contributed by atoms with Crippen LogP contribution >= 0.6 is 0 Å². The second-order valence-corrected chi connectivity index (χ2v) is 7.01. The molecule has 0 fully saturated rings. The SMILES string of the molecule is Cc1c(C#N)cc(C(F)F)cc1Oc1c(C(F)(F)C(F)F)ncn(Cc2ccc[nH]c2=O)c1=O. The molecule has 0 radical (unpaired) electrons. The zero-order valence-electron chi connectivity index (χ0n) is 17.2. The Kier molecular flexibility index (Phi) is 6.80. The van der Waals surface area contributed by atoms with Gasteiger partial charge in [-0.25, -0.2) is 22.5 Å². The van der Waals surface area contributed by atoms with Gasteiger partial charge in [0, 0.05) is 22.9 Å². The molecule has 13 heteroatoms. The molecule has 0 bridgehead atoms. The van der Waals surface area contributed by atoms with Crippen LogP contribution in [0.15, 0.2) is 46.4 Å². The fourth-order valence-electron chi connectivity index (χ4n) is 2.95. The average Bonchev–Trinajstić information content (AvgIpc) is 2.78. The number of aromatic amines is 1. The highest BCUT2D eigenvalue weighted by molar-refractivity contribution is 5.51. The van der Waals surface area contributed by atoms with Crippen LogP contribution in [0.1, 0.15) is 34.4 Å². The average molecular weight is 484 g/mol. The Morgan fingerprint density at radius 1 is 1.24 bits per heavy atom. The van der Waals surface area contributed by atoms with E-state index >= 15 is 0 Å². The summed E-state index contributed by atoms with van der Waals surface area (Å²) in [6.45, 7) is 0.741. The Morgan fingerprint density at radius 2 is 1.94 bits per heavy atom. The minimum absolute atomic E-state index is 0.00775. The largest absolute Gasteiger partial charge is 0.449 e. The maximum Gasteiger partial charge on any atom is 0.352 e. The van der Waals surface area contributed by atoms with Crippen LogP contribution in [0, 0.1) is 18.3 Å². The van der Waals surface area contributed by atoms with Crippen molar-refractivity contribution in [3.63, 3.8) is 0 Å². The summed E-state index contributed by atoms with van der Waals surface area (Å²) < 4.78 is 86.9. The van der Waals surface area contributed by atoms with Gasteiger partial charge in [-0.3, -0.25) is 14.2 Å². The number of halogens is 6. The molecule has 0 amide bonds. The number of alkyl halides is 6. The van der Waals surface area contributed by atoms with E-state index < -0.39 is 59.2 Å². The minimum Gasteiger partial charge on any atom is -0.449 e. The van der Waals surface area contributed by atoms with Gasteiger partial charge < -0.3 is 9.72 Å². The predicted octanol–water partition coefficient (Wildman–Crippen LogP) is 4.25. The van der Waals surface area contributed by atoms with Crippen molar-refractivity contribution in [3.05, 3.63) is 85.4 Å². The van der Waals surface area contributed by atoms with Crippen molar-refractivity contribution >= 4 is 0 Å². The third-order valence-electron chi connectivity index (χ3n) is 4.79. The number of hydrogen-bond acceptors (Lipinski definition) is 5. The fraction of sp³-hybridized carbons (Fsp3) is 0.238. The van der Waals surface area contributed by atoms with Crippen LogP contribution in [-0.2, 0) is 12.5 Å². The summed E-state index contributed by atoms with van der Waals surface area (Å²) in [5.41, 5.74) is -4.85. The van der Waals surface area contributed by atoms with E-state index in [0.29, 0.717) is 17.0 Å². The molecule has 3 rings (SSSR count). The van der Waals surface area contributed by atoms with Gasteiger partial charge in [-0.15, -0.1) is 0 Å². The zero-order chi connectivity index (χ0) is 25.2. The van der Waals surface area contributed by atoms with Gasteiger partial charge in [0.1, 0.15) is 5.75 Å². The lowest BCUT2D eigenvalue weighted by Gasteiger charge is -2.20. The highest BCUT2D eigenvalue weighted by Crippen LogP contribution is 2.39. The molecule has 7 nitrogen and oxygen atoms in total. The second-order valence-electron chi connectivity index (χ2n) is 7.01. The van der Waals surface area contributed by atoms with Gasteiger partial charge in [0.15, 0.2) is 5.69 Å². The van der Waals surface area contributed by atoms with E-state index in [0.717, 1.165) is 6.07 Å². The first kappa shape index (κ1) is 24.6. The van der Waals surface area contributed by atoms with E-state index in [4.69, 9.17) is 4.74 Å². The Labute approximate surface area is 186 Å². The first-order valence-corrected chi connectivity index (χ1v) is 9.40. The normalized spacial score (nSPS) is 11.6. The molecule has 0 unspecified atom stereocenters. The van der Waals surface area contributed by atoms with Crippen molar-refractivity contribution in [2.45, 2.75) is 32.2 Å². The Morgan fingerprint density at radius 3 is 2.53 bits per heavy atom. The molecule has 2 aromatic heterocycles. The molecule has 1 aromatic carbocycles. The summed E-state index contributed by atoms with van der Waals surface area (Å²) in [7, 11) is 0. The van der Waals surface area contributed by atoms with E-state index in [1.807, 2.05) is 0 Å². The first-order chi connectivity index (χ1) is 16.0. The summed E-state index contributed by atoms with van der Waals surface area (Å²) >= 11 is 0. The molecule has 1 N–H and O–H groups in total. The maximum atomic E-state index is 14.2. The molecule has 0 aliphatic rings. The molecular formula is C21H14F6N4O3. The smallest absolute Gasteiger partial charge is 0.352 e. The lowest BCUT2D eigenvalue weighted by atomic mass is 10.0. The molecule has 0 aliphatic carbocycles. The second kappa shape index (κ2) is 9.42. The predicted molar refractivity (Wildman–Crippen MR) is 105 cm³/mol. The summed E-state index contributed by atoms with van der Waals surface area (Å²) in [4.78, 5) is 30.5. The molecule has 0 spiro atoms. The van der Waals surface area contributed by atoms with Crippen molar-refractivity contribution in [1.29, 1.82) is 5.26 Å². The van der Waals surface area contributed by atoms with E-state index in [1.165, 1.54) is 25.3 Å². The molecule has 34 heavy (non-hydrogen) atoms. The molecule has 0 saturated carbocycles. The number of hydrogen-bond donors (Lipinski definition) is 1. The molecule has 0 atom stereocenters. The number of pyridine rings is 1. The van der Waals surface area contributed by atoms with Crippen molar-refractivity contribution in [2.75, 3.05) is 0 Å². The first-order valence-electron chi connectivity index (χ1n) is 9.40.